The molecule has 0 N–H and O–H groups in total. The van der Waals surface area contributed by atoms with E-state index in [1.165, 1.54) is 12.1 Å². The fraction of sp³-hybridized carbons (Fsp3) is 0.235. The molecule has 0 amide bonds. The summed E-state index contributed by atoms with van der Waals surface area (Å²) in [7, 11) is 0. The number of hydrogen-bond acceptors (Lipinski definition) is 2. The molecule has 3 rings (SSSR count). The van der Waals surface area contributed by atoms with Crippen LogP contribution in [-0.2, 0) is 13.0 Å². The van der Waals surface area contributed by atoms with Crippen molar-refractivity contribution in [2.75, 3.05) is 11.4 Å². The Hall–Kier alpha value is -2.23. The van der Waals surface area contributed by atoms with Gasteiger partial charge < -0.3 is 4.90 Å². The minimum absolute atomic E-state index is 0.0449. The smallest absolute Gasteiger partial charge is 0.159 e. The summed E-state index contributed by atoms with van der Waals surface area (Å²) in [4.78, 5) is 13.5. The van der Waals surface area contributed by atoms with Gasteiger partial charge in [0.2, 0.25) is 0 Å². The van der Waals surface area contributed by atoms with Gasteiger partial charge in [-0.25, -0.2) is 8.78 Å². The maximum Gasteiger partial charge on any atom is 0.159 e. The van der Waals surface area contributed by atoms with Crippen LogP contribution < -0.4 is 4.90 Å². The van der Waals surface area contributed by atoms with Gasteiger partial charge in [-0.2, -0.15) is 0 Å². The molecule has 0 aromatic heterocycles. The maximum absolute atomic E-state index is 13.2. The highest BCUT2D eigenvalue weighted by Crippen LogP contribution is 2.30. The van der Waals surface area contributed by atoms with Gasteiger partial charge in [-0.15, -0.1) is 0 Å². The van der Waals surface area contributed by atoms with Crippen molar-refractivity contribution in [1.29, 1.82) is 0 Å². The third-order valence-electron chi connectivity index (χ3n) is 3.77. The summed E-state index contributed by atoms with van der Waals surface area (Å²) in [6.07, 6.45) is 0.842. The molecule has 0 saturated carbocycles. The molecule has 0 aliphatic carbocycles. The first-order valence-corrected chi connectivity index (χ1v) is 6.87. The minimum Gasteiger partial charge on any atom is -0.367 e. The number of hydrogen-bond donors (Lipinski definition) is 0. The van der Waals surface area contributed by atoms with Crippen molar-refractivity contribution in [2.24, 2.45) is 0 Å². The Morgan fingerprint density at radius 1 is 1.14 bits per heavy atom. The van der Waals surface area contributed by atoms with E-state index in [0.717, 1.165) is 30.3 Å². The first kappa shape index (κ1) is 13.7. The van der Waals surface area contributed by atoms with Gasteiger partial charge >= 0.3 is 0 Å². The van der Waals surface area contributed by atoms with Crippen LogP contribution in [0, 0.1) is 11.6 Å². The van der Waals surface area contributed by atoms with E-state index in [1.54, 1.807) is 13.0 Å². The van der Waals surface area contributed by atoms with Gasteiger partial charge in [-0.1, -0.05) is 0 Å². The molecule has 0 radical (unpaired) electrons. The average Bonchev–Trinajstić information content (AvgIpc) is 2.80. The lowest BCUT2D eigenvalue weighted by Crippen LogP contribution is -2.19. The Morgan fingerprint density at radius 2 is 1.86 bits per heavy atom. The zero-order valence-electron chi connectivity index (χ0n) is 11.7. The molecule has 0 fully saturated rings. The van der Waals surface area contributed by atoms with Gasteiger partial charge in [0.25, 0.3) is 0 Å². The summed E-state index contributed by atoms with van der Waals surface area (Å²) in [5.74, 6) is -1.07. The molecular formula is C17H15F2NO. The molecular weight excluding hydrogens is 272 g/mol. The number of carbonyl (C=O) groups is 1. The normalized spacial score (nSPS) is 13.4. The fourth-order valence-corrected chi connectivity index (χ4v) is 2.78. The molecule has 2 aromatic carbocycles. The molecule has 0 spiro atoms. The molecule has 1 aliphatic heterocycles. The van der Waals surface area contributed by atoms with Crippen LogP contribution in [0.4, 0.5) is 14.5 Å². The molecule has 2 nitrogen and oxygen atoms in total. The van der Waals surface area contributed by atoms with Gasteiger partial charge in [0.15, 0.2) is 5.78 Å². The number of Topliss-reactive ketones (excluding diaryl/α,β-unsaturated/α-hetero) is 1. The van der Waals surface area contributed by atoms with E-state index in [4.69, 9.17) is 0 Å². The Kier molecular flexibility index (Phi) is 3.45. The zero-order valence-corrected chi connectivity index (χ0v) is 11.7. The third-order valence-corrected chi connectivity index (χ3v) is 3.77. The predicted octanol–water partition coefficient (Wildman–Crippen LogP) is 3.73. The molecule has 0 unspecified atom stereocenters. The fourth-order valence-electron chi connectivity index (χ4n) is 2.78. The Labute approximate surface area is 122 Å². The average molecular weight is 287 g/mol. The van der Waals surface area contributed by atoms with Crippen LogP contribution in [0.25, 0.3) is 0 Å². The van der Waals surface area contributed by atoms with Crippen LogP contribution in [0.2, 0.25) is 0 Å². The summed E-state index contributed by atoms with van der Waals surface area (Å²) < 4.78 is 26.5. The summed E-state index contributed by atoms with van der Waals surface area (Å²) in [5.41, 5.74) is 3.45. The molecule has 21 heavy (non-hydrogen) atoms. The number of benzene rings is 2. The van der Waals surface area contributed by atoms with Crippen LogP contribution in [0.1, 0.15) is 28.4 Å². The van der Waals surface area contributed by atoms with Crippen molar-refractivity contribution in [3.8, 4) is 0 Å². The van der Waals surface area contributed by atoms with Crippen molar-refractivity contribution in [3.63, 3.8) is 0 Å². The lowest BCUT2D eigenvalue weighted by Gasteiger charge is -2.19. The minimum atomic E-state index is -0.559. The number of rotatable bonds is 3. The molecule has 0 atom stereocenters. The number of carbonyl (C=O) groups excluding carboxylic acids is 1. The van der Waals surface area contributed by atoms with E-state index in [1.807, 2.05) is 12.1 Å². The van der Waals surface area contributed by atoms with Crippen LogP contribution in [-0.4, -0.2) is 12.3 Å². The SMILES string of the molecule is CC(=O)c1ccc2c(c1)CCN2Cc1cc(F)cc(F)c1. The molecule has 108 valence electrons. The van der Waals surface area contributed by atoms with Crippen molar-refractivity contribution in [1.82, 2.24) is 0 Å². The van der Waals surface area contributed by atoms with Crippen LogP contribution in [0.5, 0.6) is 0 Å². The van der Waals surface area contributed by atoms with E-state index in [0.29, 0.717) is 17.7 Å². The lowest BCUT2D eigenvalue weighted by atomic mass is 10.1. The van der Waals surface area contributed by atoms with Crippen molar-refractivity contribution < 1.29 is 13.6 Å². The highest BCUT2D eigenvalue weighted by Gasteiger charge is 2.20. The summed E-state index contributed by atoms with van der Waals surface area (Å²) in [5, 5.41) is 0. The second-order valence-electron chi connectivity index (χ2n) is 5.35. The number of fused-ring (bicyclic) bond motifs is 1. The van der Waals surface area contributed by atoms with E-state index >= 15 is 0 Å². The van der Waals surface area contributed by atoms with Gasteiger partial charge in [-0.3, -0.25) is 4.79 Å². The number of anilines is 1. The second-order valence-corrected chi connectivity index (χ2v) is 5.35. The first-order chi connectivity index (χ1) is 10.0. The van der Waals surface area contributed by atoms with Gasteiger partial charge in [0.05, 0.1) is 0 Å². The summed E-state index contributed by atoms with van der Waals surface area (Å²) >= 11 is 0. The highest BCUT2D eigenvalue weighted by molar-refractivity contribution is 5.94. The Balaban J connectivity index is 1.86. The highest BCUT2D eigenvalue weighted by atomic mass is 19.1. The molecule has 0 bridgehead atoms. The van der Waals surface area contributed by atoms with Crippen LogP contribution >= 0.6 is 0 Å². The summed E-state index contributed by atoms with van der Waals surface area (Å²) in [6.45, 7) is 2.79. The standard InChI is InChI=1S/C17H15F2NO/c1-11(21)13-2-3-17-14(8-13)4-5-20(17)10-12-6-15(18)9-16(19)7-12/h2-3,6-9H,4-5,10H2,1H3. The molecule has 2 aromatic rings. The molecule has 4 heteroatoms. The molecule has 1 heterocycles. The number of nitrogens with zero attached hydrogens (tertiary/aromatic N) is 1. The second kappa shape index (κ2) is 5.28. The Bertz CT molecular complexity index is 692. The quantitative estimate of drug-likeness (QED) is 0.802. The van der Waals surface area contributed by atoms with Crippen molar-refractivity contribution in [2.45, 2.75) is 19.9 Å². The van der Waals surface area contributed by atoms with Crippen LogP contribution in [0.3, 0.4) is 0 Å². The van der Waals surface area contributed by atoms with Crippen LogP contribution in [0.15, 0.2) is 36.4 Å². The maximum atomic E-state index is 13.2. The topological polar surface area (TPSA) is 20.3 Å². The number of halogens is 2. The van der Waals surface area contributed by atoms with Gasteiger partial charge in [-0.05, 0) is 54.8 Å². The van der Waals surface area contributed by atoms with E-state index in [9.17, 15) is 13.6 Å². The third kappa shape index (κ3) is 2.79. The Morgan fingerprint density at radius 3 is 2.52 bits per heavy atom. The van der Waals surface area contributed by atoms with Gasteiger partial charge in [0, 0.05) is 30.4 Å². The van der Waals surface area contributed by atoms with Crippen molar-refractivity contribution >= 4 is 11.5 Å². The van der Waals surface area contributed by atoms with E-state index in [2.05, 4.69) is 4.90 Å². The van der Waals surface area contributed by atoms with E-state index < -0.39 is 11.6 Å². The molecule has 1 aliphatic rings. The van der Waals surface area contributed by atoms with Crippen molar-refractivity contribution in [3.05, 3.63) is 64.7 Å². The predicted molar refractivity (Wildman–Crippen MR) is 77.6 cm³/mol. The summed E-state index contributed by atoms with van der Waals surface area (Å²) in [6, 6.07) is 9.20. The molecule has 0 saturated heterocycles. The lowest BCUT2D eigenvalue weighted by molar-refractivity contribution is 0.101. The van der Waals surface area contributed by atoms with E-state index in [-0.39, 0.29) is 5.78 Å². The van der Waals surface area contributed by atoms with Gasteiger partial charge in [0.1, 0.15) is 11.6 Å². The monoisotopic (exact) mass is 287 g/mol. The first-order valence-electron chi connectivity index (χ1n) is 6.87. The zero-order chi connectivity index (χ0) is 15.0. The number of ketones is 1. The largest absolute Gasteiger partial charge is 0.367 e.